The molecule has 0 saturated heterocycles. The number of nitrogens with zero attached hydrogens (tertiary/aromatic N) is 1. The van der Waals surface area contributed by atoms with E-state index in [0.29, 0.717) is 12.4 Å². The molecule has 1 saturated carbocycles. The highest BCUT2D eigenvalue weighted by Gasteiger charge is 2.22. The SMILES string of the molecule is O=C(O)c1cccc(NC[C@@H]2CCCC[C@H]2O)n1. The van der Waals surface area contributed by atoms with Crippen LogP contribution in [0.5, 0.6) is 0 Å². The van der Waals surface area contributed by atoms with E-state index in [1.165, 1.54) is 6.07 Å². The molecule has 0 aromatic carbocycles. The van der Waals surface area contributed by atoms with Gasteiger partial charge in [-0.3, -0.25) is 0 Å². The molecule has 1 heterocycles. The second-order valence-corrected chi connectivity index (χ2v) is 4.71. The van der Waals surface area contributed by atoms with E-state index in [-0.39, 0.29) is 17.7 Å². The fourth-order valence-corrected chi connectivity index (χ4v) is 2.31. The fraction of sp³-hybridized carbons (Fsp3) is 0.538. The molecule has 1 aliphatic rings. The van der Waals surface area contributed by atoms with Gasteiger partial charge in [-0.2, -0.15) is 0 Å². The van der Waals surface area contributed by atoms with Gasteiger partial charge in [0.2, 0.25) is 0 Å². The Bertz CT molecular complexity index is 422. The summed E-state index contributed by atoms with van der Waals surface area (Å²) in [5, 5.41) is 21.8. The van der Waals surface area contributed by atoms with Crippen LogP contribution in [0.4, 0.5) is 5.82 Å². The van der Waals surface area contributed by atoms with E-state index in [2.05, 4.69) is 10.3 Å². The molecule has 5 nitrogen and oxygen atoms in total. The predicted molar refractivity (Wildman–Crippen MR) is 67.7 cm³/mol. The van der Waals surface area contributed by atoms with Crippen LogP contribution in [0.15, 0.2) is 18.2 Å². The number of anilines is 1. The normalized spacial score (nSPS) is 23.6. The molecule has 5 heteroatoms. The van der Waals surface area contributed by atoms with Crippen LogP contribution >= 0.6 is 0 Å². The van der Waals surface area contributed by atoms with Crippen LogP contribution in [-0.4, -0.2) is 33.8 Å². The highest BCUT2D eigenvalue weighted by molar-refractivity contribution is 5.85. The molecule has 0 bridgehead atoms. The third-order valence-electron chi connectivity index (χ3n) is 3.38. The van der Waals surface area contributed by atoms with Crippen molar-refractivity contribution in [2.75, 3.05) is 11.9 Å². The zero-order chi connectivity index (χ0) is 13.0. The first-order chi connectivity index (χ1) is 8.66. The molecule has 18 heavy (non-hydrogen) atoms. The zero-order valence-electron chi connectivity index (χ0n) is 10.2. The maximum atomic E-state index is 10.8. The van der Waals surface area contributed by atoms with Crippen LogP contribution in [0.3, 0.4) is 0 Å². The Kier molecular flexibility index (Phi) is 4.15. The van der Waals surface area contributed by atoms with Gasteiger partial charge >= 0.3 is 5.97 Å². The first-order valence-corrected chi connectivity index (χ1v) is 6.29. The van der Waals surface area contributed by atoms with Gasteiger partial charge in [0, 0.05) is 12.5 Å². The highest BCUT2D eigenvalue weighted by Crippen LogP contribution is 2.24. The summed E-state index contributed by atoms with van der Waals surface area (Å²) in [5.41, 5.74) is 0.0317. The standard InChI is InChI=1S/C13H18N2O3/c16-11-6-2-1-4-9(11)8-14-12-7-3-5-10(15-12)13(17)18/h3,5,7,9,11,16H,1-2,4,6,8H2,(H,14,15)(H,17,18)/t9-,11+/m0/s1. The molecule has 0 amide bonds. The number of pyridine rings is 1. The number of aliphatic hydroxyl groups is 1. The maximum absolute atomic E-state index is 10.8. The van der Waals surface area contributed by atoms with E-state index in [9.17, 15) is 9.90 Å². The predicted octanol–water partition coefficient (Wildman–Crippen LogP) is 1.74. The van der Waals surface area contributed by atoms with Gasteiger partial charge in [-0.25, -0.2) is 9.78 Å². The minimum Gasteiger partial charge on any atom is -0.477 e. The van der Waals surface area contributed by atoms with Crippen molar-refractivity contribution < 1.29 is 15.0 Å². The topological polar surface area (TPSA) is 82.5 Å². The van der Waals surface area contributed by atoms with Gasteiger partial charge < -0.3 is 15.5 Å². The summed E-state index contributed by atoms with van der Waals surface area (Å²) in [6.45, 7) is 0.636. The monoisotopic (exact) mass is 250 g/mol. The van der Waals surface area contributed by atoms with Crippen molar-refractivity contribution in [3.63, 3.8) is 0 Å². The van der Waals surface area contributed by atoms with Gasteiger partial charge in [0.1, 0.15) is 5.82 Å². The Morgan fingerprint density at radius 1 is 1.39 bits per heavy atom. The van der Waals surface area contributed by atoms with Gasteiger partial charge in [0.25, 0.3) is 0 Å². The van der Waals surface area contributed by atoms with E-state index in [1.54, 1.807) is 12.1 Å². The van der Waals surface area contributed by atoms with Crippen molar-refractivity contribution in [3.8, 4) is 0 Å². The third-order valence-corrected chi connectivity index (χ3v) is 3.38. The Morgan fingerprint density at radius 3 is 2.89 bits per heavy atom. The molecule has 2 atom stereocenters. The van der Waals surface area contributed by atoms with Crippen LogP contribution in [0.25, 0.3) is 0 Å². The second-order valence-electron chi connectivity index (χ2n) is 4.71. The lowest BCUT2D eigenvalue weighted by molar-refractivity contribution is 0.0689. The number of hydrogen-bond acceptors (Lipinski definition) is 4. The molecule has 1 aromatic heterocycles. The number of aromatic nitrogens is 1. The van der Waals surface area contributed by atoms with Crippen LogP contribution < -0.4 is 5.32 Å². The highest BCUT2D eigenvalue weighted by atomic mass is 16.4. The number of carbonyl (C=O) groups is 1. The molecule has 98 valence electrons. The summed E-state index contributed by atoms with van der Waals surface area (Å²) in [7, 11) is 0. The minimum absolute atomic E-state index is 0.0317. The molecule has 0 spiro atoms. The molecule has 1 aromatic rings. The van der Waals surface area contributed by atoms with E-state index in [4.69, 9.17) is 5.11 Å². The zero-order valence-corrected chi connectivity index (χ0v) is 10.2. The molecule has 0 unspecified atom stereocenters. The van der Waals surface area contributed by atoms with Gasteiger partial charge in [-0.05, 0) is 25.0 Å². The van der Waals surface area contributed by atoms with Crippen molar-refractivity contribution in [1.82, 2.24) is 4.98 Å². The number of hydrogen-bond donors (Lipinski definition) is 3. The van der Waals surface area contributed by atoms with Crippen molar-refractivity contribution in [2.24, 2.45) is 5.92 Å². The van der Waals surface area contributed by atoms with Gasteiger partial charge in [0.15, 0.2) is 5.69 Å². The number of carboxylic acids is 1. The first-order valence-electron chi connectivity index (χ1n) is 6.29. The van der Waals surface area contributed by atoms with Gasteiger partial charge in [-0.1, -0.05) is 18.9 Å². The number of aromatic carboxylic acids is 1. The van der Waals surface area contributed by atoms with Crippen LogP contribution in [0.2, 0.25) is 0 Å². The lowest BCUT2D eigenvalue weighted by Gasteiger charge is -2.27. The first kappa shape index (κ1) is 12.8. The molecular weight excluding hydrogens is 232 g/mol. The molecule has 0 radical (unpaired) electrons. The summed E-state index contributed by atoms with van der Waals surface area (Å²) in [6, 6.07) is 4.86. The largest absolute Gasteiger partial charge is 0.477 e. The van der Waals surface area contributed by atoms with E-state index >= 15 is 0 Å². The lowest BCUT2D eigenvalue weighted by Crippen LogP contribution is -2.30. The average molecular weight is 250 g/mol. The van der Waals surface area contributed by atoms with Crippen LogP contribution in [-0.2, 0) is 0 Å². The minimum atomic E-state index is -1.03. The van der Waals surface area contributed by atoms with E-state index < -0.39 is 5.97 Å². The Balaban J connectivity index is 1.93. The quantitative estimate of drug-likeness (QED) is 0.758. The molecule has 3 N–H and O–H groups in total. The second kappa shape index (κ2) is 5.82. The third kappa shape index (κ3) is 3.20. The van der Waals surface area contributed by atoms with Crippen LogP contribution in [0, 0.1) is 5.92 Å². The van der Waals surface area contributed by atoms with Crippen molar-refractivity contribution in [3.05, 3.63) is 23.9 Å². The molecule has 1 aliphatic carbocycles. The Hall–Kier alpha value is -1.62. The van der Waals surface area contributed by atoms with Gasteiger partial charge in [-0.15, -0.1) is 0 Å². The Labute approximate surface area is 106 Å². The maximum Gasteiger partial charge on any atom is 0.354 e. The van der Waals surface area contributed by atoms with Crippen LogP contribution in [0.1, 0.15) is 36.2 Å². The number of carboxylic acid groups (broad SMARTS) is 1. The summed E-state index contributed by atoms with van der Waals surface area (Å²) in [6.07, 6.45) is 3.84. The van der Waals surface area contributed by atoms with E-state index in [1.807, 2.05) is 0 Å². The molecule has 1 fully saturated rings. The van der Waals surface area contributed by atoms with Crippen molar-refractivity contribution in [1.29, 1.82) is 0 Å². The lowest BCUT2D eigenvalue weighted by atomic mass is 9.86. The van der Waals surface area contributed by atoms with Crippen molar-refractivity contribution >= 4 is 11.8 Å². The van der Waals surface area contributed by atoms with Gasteiger partial charge in [0.05, 0.1) is 6.10 Å². The number of aliphatic hydroxyl groups excluding tert-OH is 1. The summed E-state index contributed by atoms with van der Waals surface area (Å²) in [4.78, 5) is 14.8. The Morgan fingerprint density at radius 2 is 2.17 bits per heavy atom. The van der Waals surface area contributed by atoms with E-state index in [0.717, 1.165) is 25.7 Å². The molecule has 2 rings (SSSR count). The smallest absolute Gasteiger partial charge is 0.354 e. The molecule has 0 aliphatic heterocycles. The number of nitrogens with one attached hydrogen (secondary N) is 1. The van der Waals surface area contributed by atoms with Crippen molar-refractivity contribution in [2.45, 2.75) is 31.8 Å². The fourth-order valence-electron chi connectivity index (χ4n) is 2.31. The summed E-state index contributed by atoms with van der Waals surface area (Å²) in [5.74, 6) is -0.252. The summed E-state index contributed by atoms with van der Waals surface area (Å²) >= 11 is 0. The summed E-state index contributed by atoms with van der Waals surface area (Å²) < 4.78 is 0. The number of rotatable bonds is 4. The average Bonchev–Trinajstić information content (AvgIpc) is 2.38. The molecular formula is C13H18N2O3.